The molecule has 3 rings (SSSR count). The van der Waals surface area contributed by atoms with Crippen molar-refractivity contribution in [2.45, 2.75) is 26.1 Å². The fourth-order valence-electron chi connectivity index (χ4n) is 2.74. The van der Waals surface area contributed by atoms with Crippen LogP contribution in [0.15, 0.2) is 83.5 Å². The summed E-state index contributed by atoms with van der Waals surface area (Å²) in [7, 11) is 0. The van der Waals surface area contributed by atoms with Crippen molar-refractivity contribution in [1.82, 2.24) is 4.90 Å². The first-order chi connectivity index (χ1) is 13.1. The predicted octanol–water partition coefficient (Wildman–Crippen LogP) is 4.05. The Balaban J connectivity index is 1.73. The molecule has 138 valence electrons. The van der Waals surface area contributed by atoms with Crippen LogP contribution in [0, 0.1) is 0 Å². The Labute approximate surface area is 158 Å². The normalized spacial score (nSPS) is 11.6. The molecule has 0 saturated heterocycles. The van der Waals surface area contributed by atoms with Crippen molar-refractivity contribution in [2.75, 3.05) is 0 Å². The molecule has 0 aliphatic rings. The second-order valence-electron chi connectivity index (χ2n) is 6.19. The van der Waals surface area contributed by atoms with Gasteiger partial charge in [0.15, 0.2) is 6.10 Å². The van der Waals surface area contributed by atoms with Crippen molar-refractivity contribution in [2.24, 2.45) is 0 Å². The fraction of sp³-hybridized carbons (Fsp3) is 0.182. The number of ether oxygens (including phenoxy) is 1. The minimum absolute atomic E-state index is 0.0762. The van der Waals surface area contributed by atoms with Gasteiger partial charge in [0.1, 0.15) is 0 Å². The molecular formula is C22H21NO4. The molecule has 0 saturated carbocycles. The van der Waals surface area contributed by atoms with Gasteiger partial charge in [0, 0.05) is 13.1 Å². The number of benzene rings is 2. The first-order valence-electron chi connectivity index (χ1n) is 8.74. The standard InChI is InChI=1S/C22H21NO4/c1-17(27-22(25)20-13-8-14-26-20)21(24)23(15-18-9-4-2-5-10-18)16-19-11-6-3-7-12-19/h2-14,17H,15-16H2,1H3. The summed E-state index contributed by atoms with van der Waals surface area (Å²) in [6, 6.07) is 22.5. The Morgan fingerprint density at radius 1 is 0.889 bits per heavy atom. The number of furan rings is 1. The lowest BCUT2D eigenvalue weighted by molar-refractivity contribution is -0.141. The molecule has 0 aliphatic heterocycles. The highest BCUT2D eigenvalue weighted by molar-refractivity contribution is 5.90. The number of nitrogens with zero attached hydrogens (tertiary/aromatic N) is 1. The molecule has 1 amide bonds. The first-order valence-corrected chi connectivity index (χ1v) is 8.74. The summed E-state index contributed by atoms with van der Waals surface area (Å²) in [6.07, 6.45) is 0.468. The van der Waals surface area contributed by atoms with E-state index in [9.17, 15) is 9.59 Å². The van der Waals surface area contributed by atoms with Gasteiger partial charge in [-0.25, -0.2) is 4.79 Å². The molecule has 0 aliphatic carbocycles. The van der Waals surface area contributed by atoms with E-state index in [1.807, 2.05) is 60.7 Å². The maximum atomic E-state index is 13.0. The summed E-state index contributed by atoms with van der Waals surface area (Å²) in [5.41, 5.74) is 2.01. The van der Waals surface area contributed by atoms with Crippen molar-refractivity contribution in [3.05, 3.63) is 95.9 Å². The fourth-order valence-corrected chi connectivity index (χ4v) is 2.74. The second-order valence-corrected chi connectivity index (χ2v) is 6.19. The molecule has 0 radical (unpaired) electrons. The van der Waals surface area contributed by atoms with E-state index in [0.29, 0.717) is 13.1 Å². The smallest absolute Gasteiger partial charge is 0.374 e. The number of carbonyl (C=O) groups excluding carboxylic acids is 2. The van der Waals surface area contributed by atoms with Gasteiger partial charge in [-0.2, -0.15) is 0 Å². The third-order valence-electron chi connectivity index (χ3n) is 4.10. The summed E-state index contributed by atoms with van der Waals surface area (Å²) >= 11 is 0. The van der Waals surface area contributed by atoms with E-state index < -0.39 is 12.1 Å². The molecule has 1 aromatic heterocycles. The van der Waals surface area contributed by atoms with Gasteiger partial charge in [-0.15, -0.1) is 0 Å². The molecule has 5 nitrogen and oxygen atoms in total. The Kier molecular flexibility index (Phi) is 6.05. The molecule has 0 bridgehead atoms. The molecule has 2 aromatic carbocycles. The van der Waals surface area contributed by atoms with Gasteiger partial charge >= 0.3 is 5.97 Å². The lowest BCUT2D eigenvalue weighted by Gasteiger charge is -2.26. The predicted molar refractivity (Wildman–Crippen MR) is 101 cm³/mol. The van der Waals surface area contributed by atoms with Gasteiger partial charge in [0.2, 0.25) is 5.76 Å². The molecule has 3 aromatic rings. The summed E-state index contributed by atoms with van der Waals surface area (Å²) in [4.78, 5) is 26.7. The third kappa shape index (κ3) is 5.07. The molecule has 1 atom stereocenters. The van der Waals surface area contributed by atoms with Crippen LogP contribution in [-0.2, 0) is 22.6 Å². The summed E-state index contributed by atoms with van der Waals surface area (Å²) in [6.45, 7) is 2.43. The third-order valence-corrected chi connectivity index (χ3v) is 4.10. The maximum Gasteiger partial charge on any atom is 0.374 e. The van der Waals surface area contributed by atoms with Crippen LogP contribution in [0.1, 0.15) is 28.6 Å². The van der Waals surface area contributed by atoms with E-state index >= 15 is 0 Å². The largest absolute Gasteiger partial charge is 0.457 e. The van der Waals surface area contributed by atoms with E-state index in [-0.39, 0.29) is 11.7 Å². The van der Waals surface area contributed by atoms with E-state index in [4.69, 9.17) is 9.15 Å². The molecule has 27 heavy (non-hydrogen) atoms. The van der Waals surface area contributed by atoms with Crippen LogP contribution in [0.5, 0.6) is 0 Å². The number of hydrogen-bond acceptors (Lipinski definition) is 4. The van der Waals surface area contributed by atoms with Crippen molar-refractivity contribution < 1.29 is 18.7 Å². The van der Waals surface area contributed by atoms with Gasteiger partial charge < -0.3 is 14.1 Å². The zero-order chi connectivity index (χ0) is 19.1. The molecule has 0 N–H and O–H groups in total. The minimum Gasteiger partial charge on any atom is -0.457 e. The Morgan fingerprint density at radius 2 is 1.44 bits per heavy atom. The van der Waals surface area contributed by atoms with E-state index in [1.54, 1.807) is 17.9 Å². The van der Waals surface area contributed by atoms with Crippen molar-refractivity contribution in [3.8, 4) is 0 Å². The Bertz CT molecular complexity index is 818. The highest BCUT2D eigenvalue weighted by Gasteiger charge is 2.25. The van der Waals surface area contributed by atoms with Crippen molar-refractivity contribution >= 4 is 11.9 Å². The van der Waals surface area contributed by atoms with Gasteiger partial charge in [-0.1, -0.05) is 60.7 Å². The van der Waals surface area contributed by atoms with Crippen LogP contribution >= 0.6 is 0 Å². The number of amides is 1. The SMILES string of the molecule is CC(OC(=O)c1ccco1)C(=O)N(Cc1ccccc1)Cc1ccccc1. The van der Waals surface area contributed by atoms with Gasteiger partial charge in [-0.05, 0) is 30.2 Å². The highest BCUT2D eigenvalue weighted by atomic mass is 16.6. The van der Waals surface area contributed by atoms with Gasteiger partial charge in [0.25, 0.3) is 5.91 Å². The molecule has 0 spiro atoms. The average Bonchev–Trinajstić information content (AvgIpc) is 3.23. The van der Waals surface area contributed by atoms with Crippen LogP contribution in [0.25, 0.3) is 0 Å². The van der Waals surface area contributed by atoms with E-state index in [0.717, 1.165) is 11.1 Å². The maximum absolute atomic E-state index is 13.0. The minimum atomic E-state index is -0.921. The van der Waals surface area contributed by atoms with Crippen LogP contribution in [-0.4, -0.2) is 22.9 Å². The number of hydrogen-bond donors (Lipinski definition) is 0. The highest BCUT2D eigenvalue weighted by Crippen LogP contribution is 2.14. The van der Waals surface area contributed by atoms with Crippen LogP contribution in [0.2, 0.25) is 0 Å². The average molecular weight is 363 g/mol. The lowest BCUT2D eigenvalue weighted by atomic mass is 10.1. The van der Waals surface area contributed by atoms with E-state index in [2.05, 4.69) is 0 Å². The summed E-state index contributed by atoms with van der Waals surface area (Å²) in [5, 5.41) is 0. The van der Waals surface area contributed by atoms with Crippen molar-refractivity contribution in [3.63, 3.8) is 0 Å². The zero-order valence-electron chi connectivity index (χ0n) is 15.1. The monoisotopic (exact) mass is 363 g/mol. The summed E-state index contributed by atoms with van der Waals surface area (Å²) < 4.78 is 10.3. The number of rotatable bonds is 7. The van der Waals surface area contributed by atoms with Crippen LogP contribution < -0.4 is 0 Å². The quantitative estimate of drug-likeness (QED) is 0.594. The Hall–Kier alpha value is -3.34. The zero-order valence-corrected chi connectivity index (χ0v) is 15.1. The molecule has 0 fully saturated rings. The lowest BCUT2D eigenvalue weighted by Crippen LogP contribution is -2.39. The van der Waals surface area contributed by atoms with Gasteiger partial charge in [-0.3, -0.25) is 4.79 Å². The molecule has 1 unspecified atom stereocenters. The topological polar surface area (TPSA) is 59.8 Å². The molecule has 5 heteroatoms. The number of esters is 1. The van der Waals surface area contributed by atoms with Gasteiger partial charge in [0.05, 0.1) is 6.26 Å². The van der Waals surface area contributed by atoms with Crippen LogP contribution in [0.3, 0.4) is 0 Å². The molecular weight excluding hydrogens is 342 g/mol. The van der Waals surface area contributed by atoms with Crippen molar-refractivity contribution in [1.29, 1.82) is 0 Å². The Morgan fingerprint density at radius 3 is 1.93 bits per heavy atom. The number of carbonyl (C=O) groups is 2. The van der Waals surface area contributed by atoms with E-state index in [1.165, 1.54) is 12.3 Å². The first kappa shape index (κ1) is 18.5. The summed E-state index contributed by atoms with van der Waals surface area (Å²) in [5.74, 6) is -0.838. The second kappa shape index (κ2) is 8.85. The molecule has 1 heterocycles. The van der Waals surface area contributed by atoms with Crippen LogP contribution in [0.4, 0.5) is 0 Å².